The minimum atomic E-state index is 0.330. The number of hydrogen-bond acceptors (Lipinski definition) is 4. The minimum absolute atomic E-state index is 0.330. The standard InChI is InChI=1S/C10H12N4/c1-7(2)13-10-12-6-8-4-3-5-11-9(8)14-10/h3-7H,1-2H3,(H,11,12,13,14). The highest BCUT2D eigenvalue weighted by Gasteiger charge is 2.00. The molecule has 2 heterocycles. The number of anilines is 1. The zero-order chi connectivity index (χ0) is 9.97. The van der Waals surface area contributed by atoms with Gasteiger partial charge in [0, 0.05) is 23.8 Å². The summed E-state index contributed by atoms with van der Waals surface area (Å²) in [6, 6.07) is 4.15. The Labute approximate surface area is 82.4 Å². The van der Waals surface area contributed by atoms with E-state index in [0.717, 1.165) is 11.0 Å². The molecule has 0 aliphatic heterocycles. The van der Waals surface area contributed by atoms with Crippen molar-refractivity contribution in [1.29, 1.82) is 0 Å². The van der Waals surface area contributed by atoms with Gasteiger partial charge in [-0.1, -0.05) is 0 Å². The third kappa shape index (κ3) is 1.79. The first-order valence-electron chi connectivity index (χ1n) is 4.60. The second kappa shape index (κ2) is 3.57. The van der Waals surface area contributed by atoms with E-state index in [0.29, 0.717) is 12.0 Å². The molecule has 0 spiro atoms. The molecule has 2 aromatic rings. The topological polar surface area (TPSA) is 50.7 Å². The van der Waals surface area contributed by atoms with Gasteiger partial charge in [0.15, 0.2) is 5.65 Å². The summed E-state index contributed by atoms with van der Waals surface area (Å²) in [5, 5.41) is 4.09. The average Bonchev–Trinajstić information content (AvgIpc) is 2.17. The normalized spacial score (nSPS) is 10.8. The number of hydrogen-bond donors (Lipinski definition) is 1. The van der Waals surface area contributed by atoms with Crippen molar-refractivity contribution < 1.29 is 0 Å². The smallest absolute Gasteiger partial charge is 0.224 e. The van der Waals surface area contributed by atoms with Crippen molar-refractivity contribution in [2.75, 3.05) is 5.32 Å². The van der Waals surface area contributed by atoms with Gasteiger partial charge in [0.05, 0.1) is 0 Å². The number of nitrogens with one attached hydrogen (secondary N) is 1. The molecule has 4 heteroatoms. The highest BCUT2D eigenvalue weighted by molar-refractivity contribution is 5.74. The van der Waals surface area contributed by atoms with Gasteiger partial charge < -0.3 is 5.32 Å². The molecular formula is C10H12N4. The highest BCUT2D eigenvalue weighted by atomic mass is 15.1. The second-order valence-electron chi connectivity index (χ2n) is 3.41. The molecule has 0 radical (unpaired) electrons. The molecule has 2 rings (SSSR count). The van der Waals surface area contributed by atoms with E-state index in [1.807, 2.05) is 26.0 Å². The van der Waals surface area contributed by atoms with Gasteiger partial charge in [-0.3, -0.25) is 0 Å². The maximum absolute atomic E-state index is 4.28. The zero-order valence-corrected chi connectivity index (χ0v) is 8.23. The van der Waals surface area contributed by atoms with Crippen LogP contribution in [0.25, 0.3) is 11.0 Å². The van der Waals surface area contributed by atoms with Crippen molar-refractivity contribution in [1.82, 2.24) is 15.0 Å². The molecule has 0 saturated carbocycles. The highest BCUT2D eigenvalue weighted by Crippen LogP contribution is 2.09. The van der Waals surface area contributed by atoms with Crippen LogP contribution in [-0.2, 0) is 0 Å². The lowest BCUT2D eigenvalue weighted by Gasteiger charge is -2.07. The molecule has 0 bridgehead atoms. The van der Waals surface area contributed by atoms with Crippen molar-refractivity contribution in [2.45, 2.75) is 19.9 Å². The number of nitrogens with zero attached hydrogens (tertiary/aromatic N) is 3. The van der Waals surface area contributed by atoms with E-state index in [2.05, 4.69) is 20.3 Å². The summed E-state index contributed by atoms with van der Waals surface area (Å²) >= 11 is 0. The van der Waals surface area contributed by atoms with Gasteiger partial charge in [0.1, 0.15) is 0 Å². The molecule has 4 nitrogen and oxygen atoms in total. The van der Waals surface area contributed by atoms with Crippen LogP contribution in [0.4, 0.5) is 5.95 Å². The van der Waals surface area contributed by atoms with E-state index >= 15 is 0 Å². The van der Waals surface area contributed by atoms with Crippen molar-refractivity contribution in [2.24, 2.45) is 0 Å². The predicted octanol–water partition coefficient (Wildman–Crippen LogP) is 1.85. The molecule has 72 valence electrons. The van der Waals surface area contributed by atoms with Gasteiger partial charge >= 0.3 is 0 Å². The quantitative estimate of drug-likeness (QED) is 0.781. The van der Waals surface area contributed by atoms with Crippen LogP contribution in [0.3, 0.4) is 0 Å². The van der Waals surface area contributed by atoms with Gasteiger partial charge in [-0.25, -0.2) is 9.97 Å². The molecule has 0 aliphatic carbocycles. The lowest BCUT2D eigenvalue weighted by Crippen LogP contribution is -2.12. The molecular weight excluding hydrogens is 176 g/mol. The van der Waals surface area contributed by atoms with Crippen LogP contribution >= 0.6 is 0 Å². The Morgan fingerprint density at radius 3 is 2.93 bits per heavy atom. The summed E-state index contributed by atoms with van der Waals surface area (Å²) in [5.41, 5.74) is 0.727. The second-order valence-corrected chi connectivity index (χ2v) is 3.41. The summed E-state index contributed by atoms with van der Waals surface area (Å²) in [7, 11) is 0. The first-order chi connectivity index (χ1) is 6.75. The summed E-state index contributed by atoms with van der Waals surface area (Å²) in [6.45, 7) is 4.10. The molecule has 0 atom stereocenters. The van der Waals surface area contributed by atoms with Crippen LogP contribution in [0.1, 0.15) is 13.8 Å². The Hall–Kier alpha value is -1.71. The molecule has 0 unspecified atom stereocenters. The fraction of sp³-hybridized carbons (Fsp3) is 0.300. The van der Waals surface area contributed by atoms with E-state index < -0.39 is 0 Å². The molecule has 0 aliphatic rings. The van der Waals surface area contributed by atoms with E-state index in [-0.39, 0.29) is 0 Å². The molecule has 14 heavy (non-hydrogen) atoms. The van der Waals surface area contributed by atoms with Crippen molar-refractivity contribution >= 4 is 17.0 Å². The lowest BCUT2D eigenvalue weighted by molar-refractivity contribution is 0.877. The summed E-state index contributed by atoms with van der Waals surface area (Å²) in [4.78, 5) is 12.6. The number of aromatic nitrogens is 3. The molecule has 0 amide bonds. The predicted molar refractivity (Wildman–Crippen MR) is 56.1 cm³/mol. The number of fused-ring (bicyclic) bond motifs is 1. The van der Waals surface area contributed by atoms with Crippen LogP contribution in [0.2, 0.25) is 0 Å². The van der Waals surface area contributed by atoms with Crippen LogP contribution in [0, 0.1) is 0 Å². The summed E-state index contributed by atoms with van der Waals surface area (Å²) < 4.78 is 0. The van der Waals surface area contributed by atoms with Gasteiger partial charge in [-0.05, 0) is 26.0 Å². The molecule has 0 aromatic carbocycles. The Morgan fingerprint density at radius 2 is 2.14 bits per heavy atom. The fourth-order valence-corrected chi connectivity index (χ4v) is 1.19. The van der Waals surface area contributed by atoms with Crippen LogP contribution in [-0.4, -0.2) is 21.0 Å². The number of pyridine rings is 1. The Morgan fingerprint density at radius 1 is 1.29 bits per heavy atom. The molecule has 0 saturated heterocycles. The monoisotopic (exact) mass is 188 g/mol. The molecule has 2 aromatic heterocycles. The van der Waals surface area contributed by atoms with Gasteiger partial charge in [0.25, 0.3) is 0 Å². The van der Waals surface area contributed by atoms with E-state index in [1.165, 1.54) is 0 Å². The van der Waals surface area contributed by atoms with E-state index in [4.69, 9.17) is 0 Å². The van der Waals surface area contributed by atoms with E-state index in [1.54, 1.807) is 12.4 Å². The van der Waals surface area contributed by atoms with Crippen LogP contribution in [0.5, 0.6) is 0 Å². The zero-order valence-electron chi connectivity index (χ0n) is 8.23. The van der Waals surface area contributed by atoms with Gasteiger partial charge in [-0.15, -0.1) is 0 Å². The van der Waals surface area contributed by atoms with Gasteiger partial charge in [-0.2, -0.15) is 4.98 Å². The summed E-state index contributed by atoms with van der Waals surface area (Å²) in [6.07, 6.45) is 3.51. The lowest BCUT2D eigenvalue weighted by atomic mass is 10.3. The SMILES string of the molecule is CC(C)Nc1ncc2cccnc2n1. The largest absolute Gasteiger partial charge is 0.352 e. The Kier molecular flexibility index (Phi) is 2.26. The van der Waals surface area contributed by atoms with Crippen LogP contribution in [0.15, 0.2) is 24.5 Å². The third-order valence-corrected chi connectivity index (χ3v) is 1.77. The van der Waals surface area contributed by atoms with Crippen molar-refractivity contribution in [3.05, 3.63) is 24.5 Å². The first-order valence-corrected chi connectivity index (χ1v) is 4.60. The van der Waals surface area contributed by atoms with Gasteiger partial charge in [0.2, 0.25) is 5.95 Å². The first kappa shape index (κ1) is 8.87. The van der Waals surface area contributed by atoms with Crippen molar-refractivity contribution in [3.63, 3.8) is 0 Å². The average molecular weight is 188 g/mol. The Bertz CT molecular complexity index is 439. The maximum Gasteiger partial charge on any atom is 0.224 e. The van der Waals surface area contributed by atoms with E-state index in [9.17, 15) is 0 Å². The Balaban J connectivity index is 2.41. The van der Waals surface area contributed by atoms with Crippen molar-refractivity contribution in [3.8, 4) is 0 Å². The maximum atomic E-state index is 4.28. The molecule has 1 N–H and O–H groups in total. The number of rotatable bonds is 2. The fourth-order valence-electron chi connectivity index (χ4n) is 1.19. The van der Waals surface area contributed by atoms with Crippen LogP contribution < -0.4 is 5.32 Å². The minimum Gasteiger partial charge on any atom is -0.352 e. The summed E-state index contributed by atoms with van der Waals surface area (Å²) in [5.74, 6) is 0.631. The third-order valence-electron chi connectivity index (χ3n) is 1.77. The molecule has 0 fully saturated rings.